The van der Waals surface area contributed by atoms with Crippen LogP contribution in [-0.4, -0.2) is 22.3 Å². The predicted octanol–water partition coefficient (Wildman–Crippen LogP) is 3.03. The van der Waals surface area contributed by atoms with Crippen molar-refractivity contribution in [3.8, 4) is 5.75 Å². The molecule has 2 rings (SSSR count). The van der Waals surface area contributed by atoms with Crippen LogP contribution in [0.15, 0.2) is 54.6 Å². The fourth-order valence-corrected chi connectivity index (χ4v) is 2.53. The number of aromatic hydroxyl groups is 1. The largest absolute Gasteiger partial charge is 0.508 e. The van der Waals surface area contributed by atoms with E-state index in [0.717, 1.165) is 12.0 Å². The van der Waals surface area contributed by atoms with Gasteiger partial charge < -0.3 is 15.5 Å². The van der Waals surface area contributed by atoms with Gasteiger partial charge in [-0.2, -0.15) is 0 Å². The molecule has 3 atom stereocenters. The van der Waals surface area contributed by atoms with Crippen LogP contribution < -0.4 is 5.32 Å². The van der Waals surface area contributed by atoms with Crippen LogP contribution in [0.2, 0.25) is 0 Å². The molecule has 0 aliphatic heterocycles. The van der Waals surface area contributed by atoms with Crippen molar-refractivity contribution in [1.82, 2.24) is 5.32 Å². The summed E-state index contributed by atoms with van der Waals surface area (Å²) in [5.74, 6) is 0.212. The Hall–Kier alpha value is -1.84. The highest BCUT2D eigenvalue weighted by Gasteiger charge is 2.18. The zero-order valence-corrected chi connectivity index (χ0v) is 12.5. The molecule has 3 heteroatoms. The molecular formula is C18H23NO2. The highest BCUT2D eigenvalue weighted by molar-refractivity contribution is 5.28. The van der Waals surface area contributed by atoms with Gasteiger partial charge in [0, 0.05) is 12.1 Å². The molecule has 21 heavy (non-hydrogen) atoms. The summed E-state index contributed by atoms with van der Waals surface area (Å²) in [7, 11) is 0. The number of aliphatic hydroxyl groups is 1. The summed E-state index contributed by atoms with van der Waals surface area (Å²) in [5.41, 5.74) is 2.09. The topological polar surface area (TPSA) is 52.5 Å². The fraction of sp³-hybridized carbons (Fsp3) is 0.333. The van der Waals surface area contributed by atoms with Crippen molar-refractivity contribution in [3.63, 3.8) is 0 Å². The molecule has 0 aliphatic carbocycles. The maximum absolute atomic E-state index is 10.4. The van der Waals surface area contributed by atoms with Crippen LogP contribution in [0, 0.1) is 0 Å². The third-order valence-electron chi connectivity index (χ3n) is 3.64. The van der Waals surface area contributed by atoms with E-state index in [1.807, 2.05) is 25.1 Å². The average Bonchev–Trinajstić information content (AvgIpc) is 2.48. The van der Waals surface area contributed by atoms with Gasteiger partial charge in [-0.1, -0.05) is 42.5 Å². The van der Waals surface area contributed by atoms with E-state index in [1.165, 1.54) is 5.56 Å². The summed E-state index contributed by atoms with van der Waals surface area (Å²) in [6.07, 6.45) is 0.330. The molecule has 0 aromatic heterocycles. The minimum Gasteiger partial charge on any atom is -0.508 e. The van der Waals surface area contributed by atoms with E-state index >= 15 is 0 Å². The van der Waals surface area contributed by atoms with Crippen molar-refractivity contribution in [1.29, 1.82) is 0 Å². The van der Waals surface area contributed by atoms with Gasteiger partial charge in [0.05, 0.1) is 6.10 Å². The molecule has 112 valence electrons. The summed E-state index contributed by atoms with van der Waals surface area (Å²) in [6, 6.07) is 17.2. The second kappa shape index (κ2) is 7.25. The van der Waals surface area contributed by atoms with Gasteiger partial charge in [0.25, 0.3) is 0 Å². The Morgan fingerprint density at radius 1 is 0.952 bits per heavy atom. The van der Waals surface area contributed by atoms with Gasteiger partial charge in [-0.15, -0.1) is 0 Å². The molecule has 0 aliphatic rings. The summed E-state index contributed by atoms with van der Waals surface area (Å²) >= 11 is 0. The molecule has 0 radical (unpaired) electrons. The second-order valence-corrected chi connectivity index (χ2v) is 5.58. The summed E-state index contributed by atoms with van der Waals surface area (Å²) in [4.78, 5) is 0. The lowest BCUT2D eigenvalue weighted by Crippen LogP contribution is -2.39. The first kappa shape index (κ1) is 15.5. The van der Waals surface area contributed by atoms with Gasteiger partial charge in [0.1, 0.15) is 5.75 Å². The van der Waals surface area contributed by atoms with E-state index in [1.54, 1.807) is 24.3 Å². The Morgan fingerprint density at radius 3 is 2.19 bits per heavy atom. The minimum atomic E-state index is -0.594. The number of nitrogens with one attached hydrogen (secondary N) is 1. The smallest absolute Gasteiger partial charge is 0.115 e. The van der Waals surface area contributed by atoms with E-state index in [9.17, 15) is 10.2 Å². The first-order chi connectivity index (χ1) is 10.1. The van der Waals surface area contributed by atoms with Gasteiger partial charge in [-0.05, 0) is 43.5 Å². The van der Waals surface area contributed by atoms with Crippen molar-refractivity contribution in [3.05, 3.63) is 65.7 Å². The van der Waals surface area contributed by atoms with Gasteiger partial charge in [0.15, 0.2) is 0 Å². The van der Waals surface area contributed by atoms with Crippen LogP contribution >= 0.6 is 0 Å². The molecule has 3 nitrogen and oxygen atoms in total. The Kier molecular flexibility index (Phi) is 5.37. The Balaban J connectivity index is 1.91. The van der Waals surface area contributed by atoms with Crippen LogP contribution in [0.5, 0.6) is 5.75 Å². The number of hydrogen-bond donors (Lipinski definition) is 3. The molecule has 0 heterocycles. The molecule has 0 bridgehead atoms. The third kappa shape index (κ3) is 4.59. The fourth-order valence-electron chi connectivity index (χ4n) is 2.53. The van der Waals surface area contributed by atoms with Gasteiger partial charge in [-0.3, -0.25) is 0 Å². The Morgan fingerprint density at radius 2 is 1.57 bits per heavy atom. The normalized spacial score (nSPS) is 15.4. The van der Waals surface area contributed by atoms with E-state index in [4.69, 9.17) is 0 Å². The summed E-state index contributed by atoms with van der Waals surface area (Å²) < 4.78 is 0. The van der Waals surface area contributed by atoms with Crippen LogP contribution in [0.4, 0.5) is 0 Å². The first-order valence-electron chi connectivity index (χ1n) is 7.33. The van der Waals surface area contributed by atoms with Gasteiger partial charge >= 0.3 is 0 Å². The lowest BCUT2D eigenvalue weighted by atomic mass is 10.0. The number of rotatable bonds is 6. The van der Waals surface area contributed by atoms with Crippen LogP contribution in [0.25, 0.3) is 0 Å². The lowest BCUT2D eigenvalue weighted by molar-refractivity contribution is 0.130. The van der Waals surface area contributed by atoms with Crippen LogP contribution in [0.1, 0.15) is 31.1 Å². The molecule has 0 unspecified atom stereocenters. The number of hydrogen-bond acceptors (Lipinski definition) is 3. The number of phenolic OH excluding ortho intramolecular Hbond substituents is 1. The minimum absolute atomic E-state index is 0.0618. The summed E-state index contributed by atoms with van der Waals surface area (Å²) in [6.45, 7) is 4.09. The van der Waals surface area contributed by atoms with E-state index in [2.05, 4.69) is 24.4 Å². The van der Waals surface area contributed by atoms with E-state index < -0.39 is 6.10 Å². The van der Waals surface area contributed by atoms with Crippen molar-refractivity contribution < 1.29 is 10.2 Å². The van der Waals surface area contributed by atoms with Crippen molar-refractivity contribution in [2.75, 3.05) is 0 Å². The van der Waals surface area contributed by atoms with Crippen molar-refractivity contribution in [2.45, 2.75) is 38.5 Å². The molecule has 0 saturated heterocycles. The molecule has 0 spiro atoms. The van der Waals surface area contributed by atoms with Crippen molar-refractivity contribution >= 4 is 0 Å². The Bertz CT molecular complexity index is 539. The lowest BCUT2D eigenvalue weighted by Gasteiger charge is -2.25. The number of phenols is 1. The molecule has 0 fully saturated rings. The molecule has 2 aromatic carbocycles. The molecule has 0 saturated carbocycles. The SMILES string of the molecule is C[C@H](Cc1ccccc1)N[C@H](C)[C@H](O)c1ccc(O)cc1. The summed E-state index contributed by atoms with van der Waals surface area (Å²) in [5, 5.41) is 23.1. The van der Waals surface area contributed by atoms with Gasteiger partial charge in [0.2, 0.25) is 0 Å². The first-order valence-corrected chi connectivity index (χ1v) is 7.33. The highest BCUT2D eigenvalue weighted by atomic mass is 16.3. The molecular weight excluding hydrogens is 262 g/mol. The maximum Gasteiger partial charge on any atom is 0.115 e. The van der Waals surface area contributed by atoms with Crippen LogP contribution in [-0.2, 0) is 6.42 Å². The van der Waals surface area contributed by atoms with Crippen molar-refractivity contribution in [2.24, 2.45) is 0 Å². The standard InChI is InChI=1S/C18H23NO2/c1-13(12-15-6-4-3-5-7-15)19-14(2)18(21)16-8-10-17(20)11-9-16/h3-11,13-14,18-21H,12H2,1-2H3/t13-,14-,18+/m1/s1. The second-order valence-electron chi connectivity index (χ2n) is 5.58. The highest BCUT2D eigenvalue weighted by Crippen LogP contribution is 2.20. The number of benzene rings is 2. The third-order valence-corrected chi connectivity index (χ3v) is 3.64. The predicted molar refractivity (Wildman–Crippen MR) is 85.3 cm³/mol. The quantitative estimate of drug-likeness (QED) is 0.764. The number of aliphatic hydroxyl groups excluding tert-OH is 1. The van der Waals surface area contributed by atoms with Gasteiger partial charge in [-0.25, -0.2) is 0 Å². The Labute approximate surface area is 126 Å². The molecule has 0 amide bonds. The van der Waals surface area contributed by atoms with Crippen LogP contribution in [0.3, 0.4) is 0 Å². The zero-order valence-electron chi connectivity index (χ0n) is 12.5. The maximum atomic E-state index is 10.4. The van der Waals surface area contributed by atoms with E-state index in [-0.39, 0.29) is 17.8 Å². The monoisotopic (exact) mass is 285 g/mol. The molecule has 3 N–H and O–H groups in total. The average molecular weight is 285 g/mol. The zero-order chi connectivity index (χ0) is 15.2. The van der Waals surface area contributed by atoms with E-state index in [0.29, 0.717) is 0 Å². The molecule has 2 aromatic rings.